The quantitative estimate of drug-likeness (QED) is 0.347. The molecule has 5 aromatic rings. The van der Waals surface area contributed by atoms with E-state index in [9.17, 15) is 9.90 Å². The number of hydrogen-bond donors (Lipinski definition) is 1. The number of aromatic hydroxyl groups is 1. The van der Waals surface area contributed by atoms with Gasteiger partial charge in [0.05, 0.1) is 30.8 Å². The molecule has 0 unspecified atom stereocenters. The zero-order chi connectivity index (χ0) is 25.4. The number of carbonyl (C=O) groups is 1. The van der Waals surface area contributed by atoms with E-state index in [0.29, 0.717) is 42.6 Å². The van der Waals surface area contributed by atoms with Crippen LogP contribution in [0, 0.1) is 0 Å². The van der Waals surface area contributed by atoms with E-state index in [1.807, 2.05) is 30.3 Å². The van der Waals surface area contributed by atoms with E-state index in [2.05, 4.69) is 24.9 Å². The Bertz CT molecular complexity index is 1570. The van der Waals surface area contributed by atoms with Gasteiger partial charge in [-0.1, -0.05) is 18.2 Å². The molecule has 1 aliphatic heterocycles. The second-order valence-electron chi connectivity index (χ2n) is 8.66. The van der Waals surface area contributed by atoms with Gasteiger partial charge in [-0.3, -0.25) is 4.79 Å². The second-order valence-corrected chi connectivity index (χ2v) is 8.66. The highest BCUT2D eigenvalue weighted by atomic mass is 16.5. The molecule has 188 valence electrons. The summed E-state index contributed by atoms with van der Waals surface area (Å²) in [5, 5.41) is 15.1. The lowest BCUT2D eigenvalue weighted by molar-refractivity contribution is -0.143. The van der Waals surface area contributed by atoms with Crippen LogP contribution in [0.3, 0.4) is 0 Å². The Labute approximate surface area is 211 Å². The van der Waals surface area contributed by atoms with E-state index in [4.69, 9.17) is 14.7 Å². The molecule has 1 N–H and O–H groups in total. The average molecular weight is 500 g/mol. The van der Waals surface area contributed by atoms with Crippen molar-refractivity contribution in [1.29, 1.82) is 0 Å². The van der Waals surface area contributed by atoms with Crippen LogP contribution >= 0.6 is 0 Å². The van der Waals surface area contributed by atoms with Gasteiger partial charge in [0.2, 0.25) is 5.95 Å². The first kappa shape index (κ1) is 22.7. The fourth-order valence-electron chi connectivity index (χ4n) is 4.55. The zero-order valence-electron chi connectivity index (χ0n) is 20.2. The lowest BCUT2D eigenvalue weighted by Gasteiger charge is -2.35. The topological polar surface area (TPSA) is 127 Å². The summed E-state index contributed by atoms with van der Waals surface area (Å²) < 4.78 is 8.63. The van der Waals surface area contributed by atoms with Crippen molar-refractivity contribution in [3.63, 3.8) is 0 Å². The third kappa shape index (κ3) is 4.26. The highest BCUT2D eigenvalue weighted by Crippen LogP contribution is 2.26. The summed E-state index contributed by atoms with van der Waals surface area (Å²) >= 11 is 0. The fourth-order valence-corrected chi connectivity index (χ4v) is 4.55. The van der Waals surface area contributed by atoms with Gasteiger partial charge in [0.15, 0.2) is 11.5 Å². The molecule has 5 heterocycles. The standard InChI is InChI=1S/C25H25N9O3/c1-2-37-21(36)15-33-16-27-23-22(33)24(34-19-6-4-3-5-17(19)13-28-34)30-25(29-23)32-11-9-31(10-12-32)20-8-7-18(35)14-26-20/h3-8,13-14,16,35H,2,9-12,15H2,1H3. The summed E-state index contributed by atoms with van der Waals surface area (Å²) in [7, 11) is 0. The van der Waals surface area contributed by atoms with Crippen molar-refractivity contribution in [2.45, 2.75) is 13.5 Å². The van der Waals surface area contributed by atoms with Crippen molar-refractivity contribution in [2.75, 3.05) is 42.6 Å². The molecular formula is C25H25N9O3. The number of piperazine rings is 1. The maximum atomic E-state index is 12.3. The Balaban J connectivity index is 1.38. The number of ether oxygens (including phenoxy) is 1. The van der Waals surface area contributed by atoms with E-state index in [-0.39, 0.29) is 18.3 Å². The number of para-hydroxylation sites is 1. The molecule has 0 spiro atoms. The van der Waals surface area contributed by atoms with Crippen molar-refractivity contribution in [3.05, 3.63) is 55.1 Å². The number of benzene rings is 1. The monoisotopic (exact) mass is 499 g/mol. The second kappa shape index (κ2) is 9.37. The number of hydrogen-bond acceptors (Lipinski definition) is 10. The number of pyridine rings is 1. The van der Waals surface area contributed by atoms with Gasteiger partial charge in [-0.15, -0.1) is 0 Å². The maximum absolute atomic E-state index is 12.3. The van der Waals surface area contributed by atoms with E-state index >= 15 is 0 Å². The summed E-state index contributed by atoms with van der Waals surface area (Å²) in [6.45, 7) is 4.87. The number of imidazole rings is 1. The van der Waals surface area contributed by atoms with Gasteiger partial charge in [-0.2, -0.15) is 15.1 Å². The van der Waals surface area contributed by atoms with Crippen molar-refractivity contribution in [3.8, 4) is 11.6 Å². The predicted octanol–water partition coefficient (Wildman–Crippen LogP) is 2.16. The van der Waals surface area contributed by atoms with Gasteiger partial charge in [0.25, 0.3) is 0 Å². The average Bonchev–Trinajstić information content (AvgIpc) is 3.53. The third-order valence-electron chi connectivity index (χ3n) is 6.34. The largest absolute Gasteiger partial charge is 0.506 e. The van der Waals surface area contributed by atoms with Crippen LogP contribution in [0.1, 0.15) is 6.92 Å². The zero-order valence-corrected chi connectivity index (χ0v) is 20.2. The smallest absolute Gasteiger partial charge is 0.326 e. The predicted molar refractivity (Wildman–Crippen MR) is 137 cm³/mol. The highest BCUT2D eigenvalue weighted by Gasteiger charge is 2.24. The van der Waals surface area contributed by atoms with Crippen molar-refractivity contribution < 1.29 is 14.6 Å². The van der Waals surface area contributed by atoms with Gasteiger partial charge in [0, 0.05) is 31.6 Å². The summed E-state index contributed by atoms with van der Waals surface area (Å²) in [4.78, 5) is 35.1. The highest BCUT2D eigenvalue weighted by molar-refractivity contribution is 5.86. The number of fused-ring (bicyclic) bond motifs is 2. The van der Waals surface area contributed by atoms with Crippen LogP contribution in [0.2, 0.25) is 0 Å². The van der Waals surface area contributed by atoms with Gasteiger partial charge < -0.3 is 24.2 Å². The molecule has 12 nitrogen and oxygen atoms in total. The molecule has 1 fully saturated rings. The molecule has 0 radical (unpaired) electrons. The van der Waals surface area contributed by atoms with E-state index in [1.165, 1.54) is 6.20 Å². The number of aromatic nitrogens is 7. The van der Waals surface area contributed by atoms with Gasteiger partial charge in [-0.05, 0) is 25.1 Å². The number of carbonyl (C=O) groups excluding carboxylic acids is 1. The first-order valence-corrected chi connectivity index (χ1v) is 12.1. The van der Waals surface area contributed by atoms with Crippen molar-refractivity contribution in [2.24, 2.45) is 0 Å². The minimum Gasteiger partial charge on any atom is -0.506 e. The molecule has 37 heavy (non-hydrogen) atoms. The van der Waals surface area contributed by atoms with E-state index in [0.717, 1.165) is 29.8 Å². The first-order valence-electron chi connectivity index (χ1n) is 12.1. The fraction of sp³-hybridized carbons (Fsp3) is 0.280. The number of nitrogens with zero attached hydrogens (tertiary/aromatic N) is 9. The summed E-state index contributed by atoms with van der Waals surface area (Å²) in [6, 6.07) is 11.3. The number of anilines is 2. The lowest BCUT2D eigenvalue weighted by atomic mass is 10.2. The summed E-state index contributed by atoms with van der Waals surface area (Å²) in [6.07, 6.45) is 4.83. The molecule has 1 saturated heterocycles. The molecule has 4 aromatic heterocycles. The molecule has 0 amide bonds. The molecule has 1 aromatic carbocycles. The van der Waals surface area contributed by atoms with Crippen LogP contribution < -0.4 is 9.80 Å². The van der Waals surface area contributed by atoms with Crippen LogP contribution in [0.5, 0.6) is 5.75 Å². The maximum Gasteiger partial charge on any atom is 0.326 e. The van der Waals surface area contributed by atoms with Crippen LogP contribution in [-0.2, 0) is 16.1 Å². The Kier molecular flexibility index (Phi) is 5.75. The molecule has 12 heteroatoms. The van der Waals surface area contributed by atoms with Crippen molar-refractivity contribution >= 4 is 39.8 Å². The molecule has 0 aliphatic carbocycles. The Morgan fingerprint density at radius 2 is 1.81 bits per heavy atom. The Morgan fingerprint density at radius 1 is 1.00 bits per heavy atom. The minimum absolute atomic E-state index is 0.00243. The first-order chi connectivity index (χ1) is 18.1. The lowest BCUT2D eigenvalue weighted by Crippen LogP contribution is -2.47. The molecular weight excluding hydrogens is 474 g/mol. The third-order valence-corrected chi connectivity index (χ3v) is 6.34. The normalized spacial score (nSPS) is 14.0. The molecule has 1 aliphatic rings. The van der Waals surface area contributed by atoms with Crippen molar-refractivity contribution in [1.82, 2.24) is 34.3 Å². The molecule has 0 saturated carbocycles. The Hall–Kier alpha value is -4.74. The summed E-state index contributed by atoms with van der Waals surface area (Å²) in [5.41, 5.74) is 1.98. The SMILES string of the molecule is CCOC(=O)Cn1cnc2nc(N3CCN(c4ccc(O)cn4)CC3)nc(-n3ncc4ccccc43)c21. The number of esters is 1. The number of rotatable bonds is 6. The van der Waals surface area contributed by atoms with Gasteiger partial charge in [0.1, 0.15) is 23.6 Å². The minimum atomic E-state index is -0.360. The summed E-state index contributed by atoms with van der Waals surface area (Å²) in [5.74, 6) is 1.69. The molecule has 0 bridgehead atoms. The van der Waals surface area contributed by atoms with Gasteiger partial charge in [-0.25, -0.2) is 14.6 Å². The molecule has 0 atom stereocenters. The Morgan fingerprint density at radius 3 is 2.59 bits per heavy atom. The van der Waals surface area contributed by atoms with Crippen LogP contribution in [0.25, 0.3) is 27.9 Å². The van der Waals surface area contributed by atoms with Crippen LogP contribution in [0.15, 0.2) is 55.1 Å². The van der Waals surface area contributed by atoms with Crippen LogP contribution in [-0.4, -0.2) is 78.1 Å². The van der Waals surface area contributed by atoms with Gasteiger partial charge >= 0.3 is 5.97 Å². The van der Waals surface area contributed by atoms with E-state index < -0.39 is 0 Å². The van der Waals surface area contributed by atoms with Crippen LogP contribution in [0.4, 0.5) is 11.8 Å². The van der Waals surface area contributed by atoms with E-state index in [1.54, 1.807) is 34.8 Å². The molecule has 6 rings (SSSR count).